The van der Waals surface area contributed by atoms with Gasteiger partial charge < -0.3 is 4.74 Å². The number of ketones is 1. The van der Waals surface area contributed by atoms with Gasteiger partial charge in [0.25, 0.3) is 0 Å². The maximum absolute atomic E-state index is 12.1. The summed E-state index contributed by atoms with van der Waals surface area (Å²) in [6, 6.07) is 5.44. The van der Waals surface area contributed by atoms with E-state index in [1.54, 1.807) is 13.2 Å². The maximum atomic E-state index is 12.1. The van der Waals surface area contributed by atoms with Gasteiger partial charge in [-0.15, -0.1) is 11.6 Å². The Kier molecular flexibility index (Phi) is 3.98. The highest BCUT2D eigenvalue weighted by atomic mass is 35.5. The van der Waals surface area contributed by atoms with Gasteiger partial charge in [-0.1, -0.05) is 13.8 Å². The lowest BCUT2D eigenvalue weighted by molar-refractivity contribution is 0.0862. The number of rotatable bonds is 4. The lowest BCUT2D eigenvalue weighted by Gasteiger charge is -2.20. The Morgan fingerprint density at radius 1 is 1.44 bits per heavy atom. The zero-order valence-corrected chi connectivity index (χ0v) is 10.9. The van der Waals surface area contributed by atoms with Crippen LogP contribution in [0, 0.1) is 12.3 Å². The van der Waals surface area contributed by atoms with Crippen LogP contribution in [0.4, 0.5) is 0 Å². The smallest absolute Gasteiger partial charge is 0.169 e. The van der Waals surface area contributed by atoms with E-state index < -0.39 is 5.41 Å². The summed E-state index contributed by atoms with van der Waals surface area (Å²) in [5, 5.41) is 0. The van der Waals surface area contributed by atoms with Crippen molar-refractivity contribution in [3.8, 4) is 5.75 Å². The minimum absolute atomic E-state index is 0.0632. The molecule has 0 atom stereocenters. The molecular weight excluding hydrogens is 224 g/mol. The fourth-order valence-electron chi connectivity index (χ4n) is 1.47. The van der Waals surface area contributed by atoms with Crippen molar-refractivity contribution < 1.29 is 9.53 Å². The highest BCUT2D eigenvalue weighted by Gasteiger charge is 2.27. The van der Waals surface area contributed by atoms with Crippen molar-refractivity contribution in [3.05, 3.63) is 29.3 Å². The lowest BCUT2D eigenvalue weighted by Crippen LogP contribution is -2.26. The third-order valence-corrected chi connectivity index (χ3v) is 3.27. The Morgan fingerprint density at radius 3 is 2.50 bits per heavy atom. The number of hydrogen-bond acceptors (Lipinski definition) is 2. The zero-order chi connectivity index (χ0) is 12.3. The molecule has 0 fully saturated rings. The highest BCUT2D eigenvalue weighted by Crippen LogP contribution is 2.26. The molecule has 1 aromatic carbocycles. The molecule has 0 N–H and O–H groups in total. The Balaban J connectivity index is 3.07. The van der Waals surface area contributed by atoms with Gasteiger partial charge in [0.1, 0.15) is 5.75 Å². The van der Waals surface area contributed by atoms with Gasteiger partial charge in [0.15, 0.2) is 5.78 Å². The molecule has 0 amide bonds. The van der Waals surface area contributed by atoms with E-state index in [2.05, 4.69) is 0 Å². The van der Waals surface area contributed by atoms with E-state index >= 15 is 0 Å². The summed E-state index contributed by atoms with van der Waals surface area (Å²) in [5.74, 6) is 1.17. The molecular formula is C13H17ClO2. The molecule has 0 aromatic heterocycles. The van der Waals surface area contributed by atoms with Crippen molar-refractivity contribution in [2.75, 3.05) is 13.0 Å². The molecule has 88 valence electrons. The number of benzene rings is 1. The van der Waals surface area contributed by atoms with Crippen LogP contribution in [-0.4, -0.2) is 18.8 Å². The summed E-state index contributed by atoms with van der Waals surface area (Å²) >= 11 is 5.79. The molecule has 0 saturated heterocycles. The molecule has 0 saturated carbocycles. The van der Waals surface area contributed by atoms with Gasteiger partial charge >= 0.3 is 0 Å². The average molecular weight is 241 g/mol. The van der Waals surface area contributed by atoms with Crippen molar-refractivity contribution >= 4 is 17.4 Å². The van der Waals surface area contributed by atoms with Gasteiger partial charge in [0.05, 0.1) is 7.11 Å². The Labute approximate surface area is 102 Å². The van der Waals surface area contributed by atoms with E-state index in [-0.39, 0.29) is 5.78 Å². The fourth-order valence-corrected chi connectivity index (χ4v) is 1.59. The number of alkyl halides is 1. The number of hydrogen-bond donors (Lipinski definition) is 0. The molecule has 0 spiro atoms. The normalized spacial score (nSPS) is 11.3. The summed E-state index contributed by atoms with van der Waals surface area (Å²) in [5.41, 5.74) is 1.12. The molecule has 1 aromatic rings. The van der Waals surface area contributed by atoms with Crippen molar-refractivity contribution in [1.82, 2.24) is 0 Å². The first-order chi connectivity index (χ1) is 7.42. The second-order valence-corrected chi connectivity index (χ2v) is 4.80. The van der Waals surface area contributed by atoms with Crippen LogP contribution in [-0.2, 0) is 0 Å². The van der Waals surface area contributed by atoms with Crippen LogP contribution in [0.2, 0.25) is 0 Å². The number of halogens is 1. The van der Waals surface area contributed by atoms with E-state index in [4.69, 9.17) is 16.3 Å². The van der Waals surface area contributed by atoms with E-state index in [9.17, 15) is 4.79 Å². The minimum atomic E-state index is -0.525. The predicted octanol–water partition coefficient (Wildman–Crippen LogP) is 3.45. The van der Waals surface area contributed by atoms with Crippen LogP contribution >= 0.6 is 11.6 Å². The van der Waals surface area contributed by atoms with Crippen molar-refractivity contribution in [1.29, 1.82) is 0 Å². The van der Waals surface area contributed by atoms with Gasteiger partial charge in [-0.25, -0.2) is 0 Å². The fraction of sp³-hybridized carbons (Fsp3) is 0.462. The first-order valence-electron chi connectivity index (χ1n) is 5.18. The molecule has 3 heteroatoms. The number of Topliss-reactive ketones (excluding diaryl/α,β-unsaturated/α-hetero) is 1. The third-order valence-electron chi connectivity index (χ3n) is 2.61. The monoisotopic (exact) mass is 240 g/mol. The van der Waals surface area contributed by atoms with Crippen LogP contribution in [0.15, 0.2) is 18.2 Å². The summed E-state index contributed by atoms with van der Waals surface area (Å²) in [4.78, 5) is 12.1. The molecule has 0 unspecified atom stereocenters. The number of aryl methyl sites for hydroxylation is 1. The van der Waals surface area contributed by atoms with E-state index in [1.807, 2.05) is 32.9 Å². The average Bonchev–Trinajstić information content (AvgIpc) is 2.27. The Morgan fingerprint density at radius 2 is 2.06 bits per heavy atom. The van der Waals surface area contributed by atoms with Gasteiger partial charge in [-0.3, -0.25) is 4.79 Å². The van der Waals surface area contributed by atoms with Crippen molar-refractivity contribution in [2.24, 2.45) is 5.41 Å². The van der Waals surface area contributed by atoms with Crippen LogP contribution in [0.25, 0.3) is 0 Å². The van der Waals surface area contributed by atoms with Crippen molar-refractivity contribution in [3.63, 3.8) is 0 Å². The maximum Gasteiger partial charge on any atom is 0.169 e. The van der Waals surface area contributed by atoms with Gasteiger partial charge in [-0.2, -0.15) is 0 Å². The molecule has 2 nitrogen and oxygen atoms in total. The quantitative estimate of drug-likeness (QED) is 0.595. The number of methoxy groups -OCH3 is 1. The Bertz CT molecular complexity index is 397. The van der Waals surface area contributed by atoms with E-state index in [1.165, 1.54) is 0 Å². The minimum Gasteiger partial charge on any atom is -0.496 e. The summed E-state index contributed by atoms with van der Waals surface area (Å²) < 4.78 is 5.15. The molecule has 0 heterocycles. The third kappa shape index (κ3) is 2.56. The number of carbonyl (C=O) groups is 1. The predicted molar refractivity (Wildman–Crippen MR) is 66.6 cm³/mol. The molecule has 0 aliphatic rings. The molecule has 0 bridgehead atoms. The van der Waals surface area contributed by atoms with Crippen molar-refractivity contribution in [2.45, 2.75) is 20.8 Å². The van der Waals surface area contributed by atoms with Crippen LogP contribution in [0.1, 0.15) is 29.8 Å². The molecule has 16 heavy (non-hydrogen) atoms. The second kappa shape index (κ2) is 4.88. The SMILES string of the molecule is COc1ccc(C(=O)C(C)(C)CCl)cc1C. The summed E-state index contributed by atoms with van der Waals surface area (Å²) in [6.07, 6.45) is 0. The molecule has 1 rings (SSSR count). The zero-order valence-electron chi connectivity index (χ0n) is 10.1. The van der Waals surface area contributed by atoms with E-state index in [0.29, 0.717) is 11.4 Å². The highest BCUT2D eigenvalue weighted by molar-refractivity contribution is 6.21. The van der Waals surface area contributed by atoms with Gasteiger partial charge in [-0.05, 0) is 30.7 Å². The standard InChI is InChI=1S/C13H17ClO2/c1-9-7-10(5-6-11(9)16-4)12(15)13(2,3)8-14/h5-7H,8H2,1-4H3. The van der Waals surface area contributed by atoms with E-state index in [0.717, 1.165) is 11.3 Å². The van der Waals surface area contributed by atoms with Crippen LogP contribution in [0.5, 0.6) is 5.75 Å². The van der Waals surface area contributed by atoms with Crippen LogP contribution in [0.3, 0.4) is 0 Å². The van der Waals surface area contributed by atoms with Gasteiger partial charge in [0, 0.05) is 16.9 Å². The molecule has 0 radical (unpaired) electrons. The number of carbonyl (C=O) groups excluding carboxylic acids is 1. The van der Waals surface area contributed by atoms with Crippen LogP contribution < -0.4 is 4.74 Å². The first-order valence-corrected chi connectivity index (χ1v) is 5.71. The second-order valence-electron chi connectivity index (χ2n) is 4.53. The summed E-state index contributed by atoms with van der Waals surface area (Å²) in [7, 11) is 1.62. The largest absolute Gasteiger partial charge is 0.496 e. The Hall–Kier alpha value is -1.02. The molecule has 0 aliphatic carbocycles. The topological polar surface area (TPSA) is 26.3 Å². The molecule has 0 aliphatic heterocycles. The van der Waals surface area contributed by atoms with Gasteiger partial charge in [0.2, 0.25) is 0 Å². The summed E-state index contributed by atoms with van der Waals surface area (Å²) in [6.45, 7) is 5.62. The number of ether oxygens (including phenoxy) is 1. The lowest BCUT2D eigenvalue weighted by atomic mass is 9.86. The first kappa shape index (κ1) is 13.0.